The van der Waals surface area contributed by atoms with Crippen molar-refractivity contribution in [3.05, 3.63) is 52.2 Å². The quantitative estimate of drug-likeness (QED) is 0.819. The normalized spacial score (nSPS) is 11.6. The molecule has 6 heteroatoms. The molecule has 0 aliphatic carbocycles. The number of amides is 2. The SMILES string of the molecule is COc1ccccc1C(C)NC(=O)CCNC(=O)c1cccs1. The maximum Gasteiger partial charge on any atom is 0.261 e. The van der Waals surface area contributed by atoms with Crippen LogP contribution in [0.2, 0.25) is 0 Å². The van der Waals surface area contributed by atoms with E-state index >= 15 is 0 Å². The fraction of sp³-hybridized carbons (Fsp3) is 0.294. The van der Waals surface area contributed by atoms with Crippen LogP contribution in [0.15, 0.2) is 41.8 Å². The van der Waals surface area contributed by atoms with Crippen LogP contribution < -0.4 is 15.4 Å². The summed E-state index contributed by atoms with van der Waals surface area (Å²) in [7, 11) is 1.60. The van der Waals surface area contributed by atoms with E-state index in [2.05, 4.69) is 10.6 Å². The molecule has 1 unspecified atom stereocenters. The van der Waals surface area contributed by atoms with Gasteiger partial charge >= 0.3 is 0 Å². The second-order valence-corrected chi connectivity index (χ2v) is 5.96. The molecule has 2 aromatic rings. The summed E-state index contributed by atoms with van der Waals surface area (Å²) < 4.78 is 5.29. The second-order valence-electron chi connectivity index (χ2n) is 5.01. The molecule has 1 aromatic heterocycles. The number of para-hydroxylation sites is 1. The van der Waals surface area contributed by atoms with Crippen LogP contribution in [-0.4, -0.2) is 25.5 Å². The van der Waals surface area contributed by atoms with E-state index < -0.39 is 0 Å². The van der Waals surface area contributed by atoms with Crippen molar-refractivity contribution in [2.45, 2.75) is 19.4 Å². The van der Waals surface area contributed by atoms with Gasteiger partial charge in [0.25, 0.3) is 5.91 Å². The minimum atomic E-state index is -0.161. The smallest absolute Gasteiger partial charge is 0.261 e. The number of nitrogens with one attached hydrogen (secondary N) is 2. The maximum atomic E-state index is 12.0. The Balaban J connectivity index is 1.79. The van der Waals surface area contributed by atoms with E-state index in [9.17, 15) is 9.59 Å². The number of hydrogen-bond acceptors (Lipinski definition) is 4. The summed E-state index contributed by atoms with van der Waals surface area (Å²) in [5.41, 5.74) is 0.922. The lowest BCUT2D eigenvalue weighted by Crippen LogP contribution is -2.31. The number of carbonyl (C=O) groups is 2. The molecule has 0 spiro atoms. The third-order valence-corrected chi connectivity index (χ3v) is 4.23. The van der Waals surface area contributed by atoms with E-state index in [1.165, 1.54) is 11.3 Å². The van der Waals surface area contributed by atoms with E-state index in [4.69, 9.17) is 4.74 Å². The molecule has 122 valence electrons. The highest BCUT2D eigenvalue weighted by Crippen LogP contribution is 2.24. The Morgan fingerprint density at radius 1 is 1.22 bits per heavy atom. The van der Waals surface area contributed by atoms with Crippen molar-refractivity contribution in [2.24, 2.45) is 0 Å². The summed E-state index contributed by atoms with van der Waals surface area (Å²) >= 11 is 1.38. The van der Waals surface area contributed by atoms with Crippen LogP contribution in [0.3, 0.4) is 0 Å². The lowest BCUT2D eigenvalue weighted by molar-refractivity contribution is -0.121. The van der Waals surface area contributed by atoms with Crippen LogP contribution in [0.1, 0.15) is 34.6 Å². The van der Waals surface area contributed by atoms with Crippen molar-refractivity contribution >= 4 is 23.2 Å². The molecule has 0 bridgehead atoms. The van der Waals surface area contributed by atoms with E-state index in [0.29, 0.717) is 11.4 Å². The Labute approximate surface area is 139 Å². The molecule has 2 rings (SSSR count). The molecular formula is C17H20N2O3S. The molecule has 0 aliphatic heterocycles. The average Bonchev–Trinajstić information content (AvgIpc) is 3.09. The van der Waals surface area contributed by atoms with Crippen LogP contribution in [0, 0.1) is 0 Å². The summed E-state index contributed by atoms with van der Waals surface area (Å²) in [4.78, 5) is 24.4. The number of methoxy groups -OCH3 is 1. The van der Waals surface area contributed by atoms with E-state index in [1.807, 2.05) is 42.6 Å². The van der Waals surface area contributed by atoms with Gasteiger partial charge in [-0.15, -0.1) is 11.3 Å². The van der Waals surface area contributed by atoms with Crippen molar-refractivity contribution in [1.29, 1.82) is 0 Å². The molecule has 0 fully saturated rings. The van der Waals surface area contributed by atoms with E-state index in [-0.39, 0.29) is 24.3 Å². The lowest BCUT2D eigenvalue weighted by Gasteiger charge is -2.17. The Bertz CT molecular complexity index is 656. The van der Waals surface area contributed by atoms with Gasteiger partial charge in [-0.05, 0) is 24.4 Å². The molecule has 0 aliphatic rings. The van der Waals surface area contributed by atoms with Crippen LogP contribution in [0.5, 0.6) is 5.75 Å². The molecule has 1 heterocycles. The Kier molecular flexibility index (Phi) is 6.17. The largest absolute Gasteiger partial charge is 0.496 e. The minimum absolute atomic E-state index is 0.116. The first-order chi connectivity index (χ1) is 11.1. The maximum absolute atomic E-state index is 12.0. The van der Waals surface area contributed by atoms with Gasteiger partial charge in [-0.3, -0.25) is 9.59 Å². The van der Waals surface area contributed by atoms with Gasteiger partial charge in [-0.25, -0.2) is 0 Å². The molecule has 0 radical (unpaired) electrons. The van der Waals surface area contributed by atoms with Crippen molar-refractivity contribution in [3.8, 4) is 5.75 Å². The van der Waals surface area contributed by atoms with Crippen molar-refractivity contribution in [2.75, 3.05) is 13.7 Å². The molecule has 2 N–H and O–H groups in total. The summed E-state index contributed by atoms with van der Waals surface area (Å²) in [5, 5.41) is 7.49. The molecule has 5 nitrogen and oxygen atoms in total. The first-order valence-electron chi connectivity index (χ1n) is 7.35. The van der Waals surface area contributed by atoms with Gasteiger partial charge in [0, 0.05) is 18.5 Å². The fourth-order valence-corrected chi connectivity index (χ4v) is 2.84. The van der Waals surface area contributed by atoms with Gasteiger partial charge in [0.05, 0.1) is 18.0 Å². The highest BCUT2D eigenvalue weighted by molar-refractivity contribution is 7.12. The molecule has 23 heavy (non-hydrogen) atoms. The first kappa shape index (κ1) is 17.0. The highest BCUT2D eigenvalue weighted by atomic mass is 32.1. The predicted molar refractivity (Wildman–Crippen MR) is 90.8 cm³/mol. The topological polar surface area (TPSA) is 67.4 Å². The monoisotopic (exact) mass is 332 g/mol. The third-order valence-electron chi connectivity index (χ3n) is 3.37. The fourth-order valence-electron chi connectivity index (χ4n) is 2.20. The Morgan fingerprint density at radius 2 is 2.00 bits per heavy atom. The molecule has 2 amide bonds. The van der Waals surface area contributed by atoms with Crippen molar-refractivity contribution in [3.63, 3.8) is 0 Å². The van der Waals surface area contributed by atoms with Crippen LogP contribution in [0.25, 0.3) is 0 Å². The molecule has 0 saturated heterocycles. The number of ether oxygens (including phenoxy) is 1. The average molecular weight is 332 g/mol. The van der Waals surface area contributed by atoms with E-state index in [1.54, 1.807) is 13.2 Å². The lowest BCUT2D eigenvalue weighted by atomic mass is 10.1. The van der Waals surface area contributed by atoms with Crippen molar-refractivity contribution < 1.29 is 14.3 Å². The van der Waals surface area contributed by atoms with Gasteiger partial charge in [-0.2, -0.15) is 0 Å². The van der Waals surface area contributed by atoms with Gasteiger partial charge in [0.1, 0.15) is 5.75 Å². The number of hydrogen-bond donors (Lipinski definition) is 2. The third kappa shape index (κ3) is 4.82. The Morgan fingerprint density at radius 3 is 2.70 bits per heavy atom. The van der Waals surface area contributed by atoms with Crippen LogP contribution in [-0.2, 0) is 4.79 Å². The van der Waals surface area contributed by atoms with E-state index in [0.717, 1.165) is 11.3 Å². The zero-order valence-corrected chi connectivity index (χ0v) is 14.0. The second kappa shape index (κ2) is 8.33. The van der Waals surface area contributed by atoms with Crippen LogP contribution in [0.4, 0.5) is 0 Å². The number of benzene rings is 1. The van der Waals surface area contributed by atoms with Gasteiger partial charge < -0.3 is 15.4 Å². The van der Waals surface area contributed by atoms with Gasteiger partial charge in [0.2, 0.25) is 5.91 Å². The van der Waals surface area contributed by atoms with Crippen LogP contribution >= 0.6 is 11.3 Å². The highest BCUT2D eigenvalue weighted by Gasteiger charge is 2.14. The standard InChI is InChI=1S/C17H20N2O3S/c1-12(13-6-3-4-7-14(13)22-2)19-16(20)9-10-18-17(21)15-8-5-11-23-15/h3-8,11-12H,9-10H2,1-2H3,(H,18,21)(H,19,20). The van der Waals surface area contributed by atoms with Gasteiger partial charge in [-0.1, -0.05) is 24.3 Å². The molecular weight excluding hydrogens is 312 g/mol. The summed E-state index contributed by atoms with van der Waals surface area (Å²) in [6, 6.07) is 11.0. The zero-order valence-electron chi connectivity index (χ0n) is 13.2. The number of thiophene rings is 1. The number of rotatable bonds is 7. The molecule has 1 atom stereocenters. The zero-order chi connectivity index (χ0) is 16.7. The summed E-state index contributed by atoms with van der Waals surface area (Å²) in [6.45, 7) is 2.21. The molecule has 1 aromatic carbocycles. The number of carbonyl (C=O) groups excluding carboxylic acids is 2. The van der Waals surface area contributed by atoms with Crippen molar-refractivity contribution in [1.82, 2.24) is 10.6 Å². The van der Waals surface area contributed by atoms with Gasteiger partial charge in [0.15, 0.2) is 0 Å². The first-order valence-corrected chi connectivity index (χ1v) is 8.23. The summed E-state index contributed by atoms with van der Waals surface area (Å²) in [6.07, 6.45) is 0.233. The minimum Gasteiger partial charge on any atom is -0.496 e. The molecule has 0 saturated carbocycles. The Hall–Kier alpha value is -2.34. The summed E-state index contributed by atoms with van der Waals surface area (Å²) in [5.74, 6) is 0.478. The predicted octanol–water partition coefficient (Wildman–Crippen LogP) is 2.75.